The van der Waals surface area contributed by atoms with Gasteiger partial charge in [0.05, 0.1) is 7.11 Å². The lowest BCUT2D eigenvalue weighted by atomic mass is 9.90. The molecule has 2 rings (SSSR count). The molecule has 0 saturated carbocycles. The number of ether oxygens (including phenoxy) is 2. The summed E-state index contributed by atoms with van der Waals surface area (Å²) in [4.78, 5) is 12.4. The van der Waals surface area contributed by atoms with Crippen molar-refractivity contribution in [2.75, 3.05) is 25.6 Å². The van der Waals surface area contributed by atoms with Crippen molar-refractivity contribution in [1.82, 2.24) is 0 Å². The molecule has 3 N–H and O–H groups in total. The maximum absolute atomic E-state index is 12.4. The first kappa shape index (κ1) is 14.8. The zero-order chi connectivity index (χ0) is 14.8. The Kier molecular flexibility index (Phi) is 4.30. The smallest absolute Gasteiger partial charge is 0.244 e. The summed E-state index contributed by atoms with van der Waals surface area (Å²) in [6.07, 6.45) is 1.09. The van der Waals surface area contributed by atoms with E-state index in [2.05, 4.69) is 5.32 Å². The zero-order valence-corrected chi connectivity index (χ0v) is 12.3. The van der Waals surface area contributed by atoms with Gasteiger partial charge in [0.1, 0.15) is 11.3 Å². The minimum atomic E-state index is -0.844. The van der Waals surface area contributed by atoms with Crippen molar-refractivity contribution in [3.05, 3.63) is 23.3 Å². The van der Waals surface area contributed by atoms with Crippen LogP contribution in [0.1, 0.15) is 24.0 Å². The standard InChI is InChI=1S/C15H22N2O3/c1-10-4-5-12(11(2)13(10)19-3)17-14(18)15(16)6-8-20-9-7-15/h4-5H,6-9,16H2,1-3H3,(H,17,18). The molecule has 0 atom stereocenters. The normalized spacial score (nSPS) is 17.6. The van der Waals surface area contributed by atoms with Gasteiger partial charge in [-0.2, -0.15) is 0 Å². The van der Waals surface area contributed by atoms with Crippen molar-refractivity contribution < 1.29 is 14.3 Å². The molecule has 0 radical (unpaired) electrons. The first-order chi connectivity index (χ1) is 9.48. The number of hydrogen-bond donors (Lipinski definition) is 2. The lowest BCUT2D eigenvalue weighted by molar-refractivity contribution is -0.124. The van der Waals surface area contributed by atoms with Crippen LogP contribution in [-0.4, -0.2) is 31.8 Å². The average molecular weight is 278 g/mol. The SMILES string of the molecule is COc1c(C)ccc(NC(=O)C2(N)CCOCC2)c1C. The summed E-state index contributed by atoms with van der Waals surface area (Å²) in [5.74, 6) is 0.635. The molecule has 110 valence electrons. The second-order valence-electron chi connectivity index (χ2n) is 5.31. The van der Waals surface area contributed by atoms with E-state index in [-0.39, 0.29) is 5.91 Å². The Labute approximate surface area is 119 Å². The molecule has 0 unspecified atom stereocenters. The monoisotopic (exact) mass is 278 g/mol. The first-order valence-corrected chi connectivity index (χ1v) is 6.80. The van der Waals surface area contributed by atoms with Crippen LogP contribution in [0.25, 0.3) is 0 Å². The summed E-state index contributed by atoms with van der Waals surface area (Å²) >= 11 is 0. The fraction of sp³-hybridized carbons (Fsp3) is 0.533. The molecule has 1 saturated heterocycles. The number of anilines is 1. The lowest BCUT2D eigenvalue weighted by Crippen LogP contribution is -2.54. The number of amides is 1. The molecule has 1 aromatic carbocycles. The Bertz CT molecular complexity index is 508. The summed E-state index contributed by atoms with van der Waals surface area (Å²) in [6.45, 7) is 4.95. The quantitative estimate of drug-likeness (QED) is 0.883. The number of carbonyl (C=O) groups is 1. The molecule has 0 spiro atoms. The van der Waals surface area contributed by atoms with Crippen molar-refractivity contribution in [1.29, 1.82) is 0 Å². The van der Waals surface area contributed by atoms with Crippen LogP contribution in [0, 0.1) is 13.8 Å². The Morgan fingerprint density at radius 2 is 2.00 bits per heavy atom. The topological polar surface area (TPSA) is 73.6 Å². The largest absolute Gasteiger partial charge is 0.496 e. The van der Waals surface area contributed by atoms with Crippen LogP contribution >= 0.6 is 0 Å². The highest BCUT2D eigenvalue weighted by molar-refractivity contribution is 5.98. The summed E-state index contributed by atoms with van der Waals surface area (Å²) in [5.41, 5.74) is 8.03. The Morgan fingerprint density at radius 3 is 2.60 bits per heavy atom. The number of nitrogens with one attached hydrogen (secondary N) is 1. The highest BCUT2D eigenvalue weighted by atomic mass is 16.5. The molecule has 1 fully saturated rings. The molecule has 1 aromatic rings. The number of nitrogens with two attached hydrogens (primary N) is 1. The number of methoxy groups -OCH3 is 1. The average Bonchev–Trinajstić information content (AvgIpc) is 2.43. The third-order valence-corrected chi connectivity index (χ3v) is 3.89. The van der Waals surface area contributed by atoms with Crippen LogP contribution in [0.5, 0.6) is 5.75 Å². The second-order valence-corrected chi connectivity index (χ2v) is 5.31. The molecule has 5 nitrogen and oxygen atoms in total. The van der Waals surface area contributed by atoms with Crippen LogP contribution in [-0.2, 0) is 9.53 Å². The molecule has 1 aliphatic heterocycles. The summed E-state index contributed by atoms with van der Waals surface area (Å²) < 4.78 is 10.6. The van der Waals surface area contributed by atoms with E-state index in [0.717, 1.165) is 22.6 Å². The van der Waals surface area contributed by atoms with Crippen molar-refractivity contribution in [2.24, 2.45) is 5.73 Å². The zero-order valence-electron chi connectivity index (χ0n) is 12.3. The molecule has 1 aliphatic rings. The van der Waals surface area contributed by atoms with E-state index >= 15 is 0 Å². The number of hydrogen-bond acceptors (Lipinski definition) is 4. The van der Waals surface area contributed by atoms with Crippen LogP contribution in [0.3, 0.4) is 0 Å². The predicted molar refractivity (Wildman–Crippen MR) is 78.1 cm³/mol. The van der Waals surface area contributed by atoms with Crippen molar-refractivity contribution in [3.63, 3.8) is 0 Å². The van der Waals surface area contributed by atoms with Gasteiger partial charge in [-0.15, -0.1) is 0 Å². The van der Waals surface area contributed by atoms with Gasteiger partial charge in [0.15, 0.2) is 0 Å². The van der Waals surface area contributed by atoms with Gasteiger partial charge < -0.3 is 20.5 Å². The maximum atomic E-state index is 12.4. The van der Waals surface area contributed by atoms with E-state index < -0.39 is 5.54 Å². The fourth-order valence-electron chi connectivity index (χ4n) is 2.49. The second kappa shape index (κ2) is 5.81. The minimum absolute atomic E-state index is 0.158. The van der Waals surface area contributed by atoms with E-state index in [1.165, 1.54) is 0 Å². The molecule has 20 heavy (non-hydrogen) atoms. The predicted octanol–water partition coefficient (Wildman–Crippen LogP) is 1.76. The maximum Gasteiger partial charge on any atom is 0.244 e. The Morgan fingerprint density at radius 1 is 1.35 bits per heavy atom. The molecular formula is C15H22N2O3. The molecule has 5 heteroatoms. The number of rotatable bonds is 3. The Hall–Kier alpha value is -1.59. The number of carbonyl (C=O) groups excluding carboxylic acids is 1. The third-order valence-electron chi connectivity index (χ3n) is 3.89. The van der Waals surface area contributed by atoms with Crippen molar-refractivity contribution >= 4 is 11.6 Å². The number of benzene rings is 1. The van der Waals surface area contributed by atoms with E-state index in [1.54, 1.807) is 7.11 Å². The van der Waals surface area contributed by atoms with Crippen LogP contribution in [0.4, 0.5) is 5.69 Å². The van der Waals surface area contributed by atoms with Gasteiger partial charge in [0.2, 0.25) is 5.91 Å². The van der Waals surface area contributed by atoms with Gasteiger partial charge >= 0.3 is 0 Å². The van der Waals surface area contributed by atoms with E-state index in [1.807, 2.05) is 26.0 Å². The van der Waals surface area contributed by atoms with Crippen molar-refractivity contribution in [2.45, 2.75) is 32.2 Å². The summed E-state index contributed by atoms with van der Waals surface area (Å²) in [5, 5.41) is 2.92. The van der Waals surface area contributed by atoms with Gasteiger partial charge in [-0.1, -0.05) is 6.07 Å². The van der Waals surface area contributed by atoms with Gasteiger partial charge in [-0.05, 0) is 38.3 Å². The van der Waals surface area contributed by atoms with Gasteiger partial charge in [0.25, 0.3) is 0 Å². The first-order valence-electron chi connectivity index (χ1n) is 6.80. The number of aryl methyl sites for hydroxylation is 1. The minimum Gasteiger partial charge on any atom is -0.496 e. The molecule has 0 aromatic heterocycles. The molecular weight excluding hydrogens is 256 g/mol. The molecule has 1 heterocycles. The van der Waals surface area contributed by atoms with E-state index in [0.29, 0.717) is 26.1 Å². The van der Waals surface area contributed by atoms with E-state index in [9.17, 15) is 4.79 Å². The molecule has 0 aliphatic carbocycles. The summed E-state index contributed by atoms with van der Waals surface area (Å²) in [6, 6.07) is 3.81. The van der Waals surface area contributed by atoms with Gasteiger partial charge in [0, 0.05) is 24.5 Å². The van der Waals surface area contributed by atoms with Gasteiger partial charge in [-0.3, -0.25) is 4.79 Å². The fourth-order valence-corrected chi connectivity index (χ4v) is 2.49. The third kappa shape index (κ3) is 2.78. The van der Waals surface area contributed by atoms with Crippen LogP contribution in [0.2, 0.25) is 0 Å². The Balaban J connectivity index is 2.19. The van der Waals surface area contributed by atoms with Crippen molar-refractivity contribution in [3.8, 4) is 5.75 Å². The van der Waals surface area contributed by atoms with Crippen LogP contribution < -0.4 is 15.8 Å². The molecule has 0 bridgehead atoms. The highest BCUT2D eigenvalue weighted by Gasteiger charge is 2.36. The van der Waals surface area contributed by atoms with Crippen LogP contribution in [0.15, 0.2) is 12.1 Å². The lowest BCUT2D eigenvalue weighted by Gasteiger charge is -2.32. The highest BCUT2D eigenvalue weighted by Crippen LogP contribution is 2.30. The van der Waals surface area contributed by atoms with E-state index in [4.69, 9.17) is 15.2 Å². The summed E-state index contributed by atoms with van der Waals surface area (Å²) in [7, 11) is 1.63. The van der Waals surface area contributed by atoms with Gasteiger partial charge in [-0.25, -0.2) is 0 Å². The molecule has 1 amide bonds.